The van der Waals surface area contributed by atoms with Crippen molar-refractivity contribution >= 4 is 40.4 Å². The van der Waals surface area contributed by atoms with Crippen LogP contribution in [0.5, 0.6) is 0 Å². The van der Waals surface area contributed by atoms with E-state index in [0.717, 1.165) is 34.5 Å². The van der Waals surface area contributed by atoms with Gasteiger partial charge in [0.2, 0.25) is 0 Å². The van der Waals surface area contributed by atoms with Crippen LogP contribution in [0.3, 0.4) is 0 Å². The highest BCUT2D eigenvalue weighted by Gasteiger charge is 2.01. The van der Waals surface area contributed by atoms with E-state index in [1.807, 2.05) is 31.3 Å². The predicted molar refractivity (Wildman–Crippen MR) is 114 cm³/mol. The molecule has 0 heterocycles. The highest BCUT2D eigenvalue weighted by atomic mass is 35.5. The second-order valence-corrected chi connectivity index (χ2v) is 7.37. The number of thioether (sulfide) groups is 1. The molecule has 0 amide bonds. The third kappa shape index (κ3) is 6.56. The summed E-state index contributed by atoms with van der Waals surface area (Å²) in [6.45, 7) is 5.39. The van der Waals surface area contributed by atoms with Gasteiger partial charge in [0.15, 0.2) is 0 Å². The molecular weight excluding hydrogens is 350 g/mol. The monoisotopic (exact) mass is 375 g/mol. The van der Waals surface area contributed by atoms with Crippen molar-refractivity contribution in [2.24, 2.45) is 5.92 Å². The summed E-state index contributed by atoms with van der Waals surface area (Å²) < 4.78 is 0. The van der Waals surface area contributed by atoms with Crippen molar-refractivity contribution in [1.82, 2.24) is 5.32 Å². The maximum absolute atomic E-state index is 6.14. The van der Waals surface area contributed by atoms with Gasteiger partial charge in [0.05, 0.1) is 16.6 Å². The molecule has 134 valence electrons. The van der Waals surface area contributed by atoms with Crippen LogP contribution in [-0.2, 0) is 0 Å². The summed E-state index contributed by atoms with van der Waals surface area (Å²) in [7, 11) is 1.94. The van der Waals surface area contributed by atoms with Gasteiger partial charge in [0.25, 0.3) is 0 Å². The Hall–Kier alpha value is -1.78. The molecule has 0 aliphatic heterocycles. The lowest BCUT2D eigenvalue weighted by atomic mass is 10.1. The van der Waals surface area contributed by atoms with Crippen LogP contribution in [0.4, 0.5) is 11.4 Å². The number of halogens is 1. The Labute approximate surface area is 160 Å². The first-order chi connectivity index (χ1) is 12.1. The van der Waals surface area contributed by atoms with Crippen molar-refractivity contribution in [3.63, 3.8) is 0 Å². The molecule has 0 aliphatic carbocycles. The third-order valence-corrected chi connectivity index (χ3v) is 4.64. The van der Waals surface area contributed by atoms with Gasteiger partial charge in [-0.3, -0.25) is 0 Å². The Morgan fingerprint density at radius 3 is 2.44 bits per heavy atom. The van der Waals surface area contributed by atoms with Gasteiger partial charge in [-0.2, -0.15) is 0 Å². The van der Waals surface area contributed by atoms with Crippen LogP contribution in [0, 0.1) is 5.92 Å². The second kappa shape index (κ2) is 10.3. The van der Waals surface area contributed by atoms with E-state index < -0.39 is 0 Å². The fourth-order valence-electron chi connectivity index (χ4n) is 2.21. The van der Waals surface area contributed by atoms with Crippen LogP contribution in [0.15, 0.2) is 53.9 Å². The number of anilines is 2. The van der Waals surface area contributed by atoms with Gasteiger partial charge >= 0.3 is 0 Å². The van der Waals surface area contributed by atoms with Crippen LogP contribution >= 0.6 is 23.4 Å². The Kier molecular flexibility index (Phi) is 8.02. The molecule has 5 heteroatoms. The van der Waals surface area contributed by atoms with Gasteiger partial charge in [-0.15, -0.1) is 11.8 Å². The average Bonchev–Trinajstić information content (AvgIpc) is 2.62. The molecule has 3 nitrogen and oxygen atoms in total. The summed E-state index contributed by atoms with van der Waals surface area (Å²) in [5, 5.41) is 12.9. The first kappa shape index (κ1) is 19.5. The van der Waals surface area contributed by atoms with Gasteiger partial charge in [-0.1, -0.05) is 49.7 Å². The summed E-state index contributed by atoms with van der Waals surface area (Å²) in [6.07, 6.45) is 0. The minimum atomic E-state index is 0.634. The molecule has 0 unspecified atom stereocenters. The minimum absolute atomic E-state index is 0.634. The van der Waals surface area contributed by atoms with Crippen molar-refractivity contribution in [2.75, 3.05) is 30.1 Å². The van der Waals surface area contributed by atoms with Crippen LogP contribution in [0.25, 0.3) is 5.70 Å². The minimum Gasteiger partial charge on any atom is -0.387 e. The number of rotatable bonds is 9. The summed E-state index contributed by atoms with van der Waals surface area (Å²) in [5.74, 6) is 1.39. The molecule has 25 heavy (non-hydrogen) atoms. The summed E-state index contributed by atoms with van der Waals surface area (Å²) in [5.41, 5.74) is 4.38. The number of hydrogen-bond acceptors (Lipinski definition) is 4. The summed E-state index contributed by atoms with van der Waals surface area (Å²) >= 11 is 7.84. The molecule has 2 rings (SSSR count). The van der Waals surface area contributed by atoms with E-state index in [1.54, 1.807) is 11.8 Å². The van der Waals surface area contributed by atoms with Crippen molar-refractivity contribution < 1.29 is 0 Å². The van der Waals surface area contributed by atoms with Crippen LogP contribution in [-0.4, -0.2) is 19.5 Å². The van der Waals surface area contributed by atoms with Gasteiger partial charge in [0, 0.05) is 25.0 Å². The third-order valence-electron chi connectivity index (χ3n) is 3.60. The smallest absolute Gasteiger partial charge is 0.0652 e. The van der Waals surface area contributed by atoms with E-state index in [4.69, 9.17) is 11.6 Å². The van der Waals surface area contributed by atoms with E-state index in [0.29, 0.717) is 5.92 Å². The van der Waals surface area contributed by atoms with Gasteiger partial charge < -0.3 is 16.0 Å². The lowest BCUT2D eigenvalue weighted by Gasteiger charge is -2.11. The number of nitrogens with one attached hydrogen (secondary N) is 3. The molecule has 2 aromatic carbocycles. The standard InChI is InChI=1S/C20H26ClN3S/c1-15(2)12-23-17-10-8-16(9-11-17)20(22-3)13-25-14-24-19-7-5-4-6-18(19)21/h4-11,13,15,22-24H,12,14H2,1-3H3/b20-13-. The topological polar surface area (TPSA) is 36.1 Å². The van der Waals surface area contributed by atoms with Gasteiger partial charge in [-0.25, -0.2) is 0 Å². The lowest BCUT2D eigenvalue weighted by molar-refractivity contribution is 0.689. The van der Waals surface area contributed by atoms with Crippen molar-refractivity contribution in [3.05, 3.63) is 64.5 Å². The van der Waals surface area contributed by atoms with Crippen LogP contribution in [0.1, 0.15) is 19.4 Å². The molecule has 0 spiro atoms. The molecule has 0 fully saturated rings. The summed E-state index contributed by atoms with van der Waals surface area (Å²) in [4.78, 5) is 0. The fraction of sp³-hybridized carbons (Fsp3) is 0.300. The largest absolute Gasteiger partial charge is 0.387 e. The maximum Gasteiger partial charge on any atom is 0.0652 e. The van der Waals surface area contributed by atoms with Gasteiger partial charge in [-0.05, 0) is 41.2 Å². The maximum atomic E-state index is 6.14. The summed E-state index contributed by atoms with van der Waals surface area (Å²) in [6, 6.07) is 16.3. The average molecular weight is 376 g/mol. The zero-order chi connectivity index (χ0) is 18.1. The van der Waals surface area contributed by atoms with E-state index in [9.17, 15) is 0 Å². The van der Waals surface area contributed by atoms with E-state index in [1.165, 1.54) is 5.56 Å². The molecule has 0 saturated carbocycles. The zero-order valence-corrected chi connectivity index (χ0v) is 16.5. The Morgan fingerprint density at radius 2 is 1.80 bits per heavy atom. The second-order valence-electron chi connectivity index (χ2n) is 6.10. The molecular formula is C20H26ClN3S. The van der Waals surface area contributed by atoms with E-state index in [2.05, 4.69) is 59.5 Å². The SMILES string of the molecule is CN/C(=C\SCNc1ccccc1Cl)c1ccc(NCC(C)C)cc1. The highest BCUT2D eigenvalue weighted by Crippen LogP contribution is 2.23. The van der Waals surface area contributed by atoms with Crippen molar-refractivity contribution in [3.8, 4) is 0 Å². The number of benzene rings is 2. The van der Waals surface area contributed by atoms with Crippen LogP contribution in [0.2, 0.25) is 5.02 Å². The molecule has 0 radical (unpaired) electrons. The Bertz CT molecular complexity index is 684. The molecule has 0 saturated heterocycles. The Morgan fingerprint density at radius 1 is 1.08 bits per heavy atom. The molecule has 0 atom stereocenters. The molecule has 3 N–H and O–H groups in total. The quantitative estimate of drug-likeness (QED) is 0.386. The normalized spacial score (nSPS) is 11.5. The molecule has 0 aliphatic rings. The first-order valence-corrected chi connectivity index (χ1v) is 9.85. The number of hydrogen-bond donors (Lipinski definition) is 3. The predicted octanol–water partition coefficient (Wildman–Crippen LogP) is 5.73. The fourth-order valence-corrected chi connectivity index (χ4v) is 3.16. The van der Waals surface area contributed by atoms with Crippen molar-refractivity contribution in [2.45, 2.75) is 13.8 Å². The Balaban J connectivity index is 1.90. The lowest BCUT2D eigenvalue weighted by Crippen LogP contribution is -2.08. The van der Waals surface area contributed by atoms with Crippen molar-refractivity contribution in [1.29, 1.82) is 0 Å². The number of para-hydroxylation sites is 1. The zero-order valence-electron chi connectivity index (χ0n) is 15.0. The van der Waals surface area contributed by atoms with Gasteiger partial charge in [0.1, 0.15) is 0 Å². The molecule has 0 bridgehead atoms. The van der Waals surface area contributed by atoms with E-state index >= 15 is 0 Å². The molecule has 0 aromatic heterocycles. The highest BCUT2D eigenvalue weighted by molar-refractivity contribution is 8.02. The molecule has 2 aromatic rings. The van der Waals surface area contributed by atoms with E-state index in [-0.39, 0.29) is 0 Å². The van der Waals surface area contributed by atoms with Crippen LogP contribution < -0.4 is 16.0 Å². The first-order valence-electron chi connectivity index (χ1n) is 8.42.